The minimum atomic E-state index is -0.889. The second kappa shape index (κ2) is 4.82. The molecule has 0 heterocycles. The van der Waals surface area contributed by atoms with Crippen LogP contribution in [0.3, 0.4) is 0 Å². The second-order valence-corrected chi connectivity index (χ2v) is 4.94. The van der Waals surface area contributed by atoms with Crippen LogP contribution in [0, 0.1) is 17.0 Å². The number of carbonyl (C=O) groups is 1. The molecular formula is C12H13ClF2N2O. The van der Waals surface area contributed by atoms with E-state index in [1.165, 1.54) is 0 Å². The van der Waals surface area contributed by atoms with Crippen LogP contribution in [-0.4, -0.2) is 12.5 Å². The highest BCUT2D eigenvalue weighted by molar-refractivity contribution is 6.33. The number of halogens is 3. The van der Waals surface area contributed by atoms with Crippen LogP contribution in [0.25, 0.3) is 0 Å². The molecule has 2 rings (SSSR count). The van der Waals surface area contributed by atoms with Crippen molar-refractivity contribution in [2.45, 2.75) is 19.3 Å². The summed E-state index contributed by atoms with van der Waals surface area (Å²) in [5.41, 5.74) is 4.75. The monoisotopic (exact) mass is 274 g/mol. The lowest BCUT2D eigenvalue weighted by atomic mass is 9.68. The van der Waals surface area contributed by atoms with Crippen molar-refractivity contribution in [3.8, 4) is 0 Å². The van der Waals surface area contributed by atoms with Gasteiger partial charge in [0.25, 0.3) is 0 Å². The fourth-order valence-electron chi connectivity index (χ4n) is 2.04. The summed E-state index contributed by atoms with van der Waals surface area (Å²) < 4.78 is 26.4. The topological polar surface area (TPSA) is 55.1 Å². The zero-order chi connectivity index (χ0) is 13.3. The van der Waals surface area contributed by atoms with Crippen molar-refractivity contribution in [2.75, 3.05) is 11.9 Å². The molecule has 3 nitrogen and oxygen atoms in total. The fraction of sp³-hybridized carbons (Fsp3) is 0.417. The average Bonchev–Trinajstić information content (AvgIpc) is 2.22. The molecule has 0 atom stereocenters. The molecule has 1 aromatic carbocycles. The van der Waals surface area contributed by atoms with Gasteiger partial charge in [0.1, 0.15) is 5.82 Å². The zero-order valence-electron chi connectivity index (χ0n) is 9.60. The number of nitrogens with two attached hydrogens (primary N) is 1. The van der Waals surface area contributed by atoms with Crippen LogP contribution in [0.5, 0.6) is 0 Å². The molecular weight excluding hydrogens is 262 g/mol. The van der Waals surface area contributed by atoms with Crippen LogP contribution in [-0.2, 0) is 4.79 Å². The van der Waals surface area contributed by atoms with Gasteiger partial charge in [-0.3, -0.25) is 4.79 Å². The number of carbonyl (C=O) groups excluding carboxylic acids is 1. The minimum absolute atomic E-state index is 0.160. The zero-order valence-corrected chi connectivity index (χ0v) is 10.4. The molecule has 0 spiro atoms. The molecule has 98 valence electrons. The van der Waals surface area contributed by atoms with Crippen molar-refractivity contribution >= 4 is 23.2 Å². The lowest BCUT2D eigenvalue weighted by Crippen LogP contribution is -2.47. The second-order valence-electron chi connectivity index (χ2n) is 4.54. The third kappa shape index (κ3) is 2.20. The number of amides is 1. The van der Waals surface area contributed by atoms with E-state index < -0.39 is 17.0 Å². The van der Waals surface area contributed by atoms with E-state index in [1.54, 1.807) is 0 Å². The third-order valence-electron chi connectivity index (χ3n) is 3.43. The van der Waals surface area contributed by atoms with Gasteiger partial charge < -0.3 is 11.1 Å². The summed E-state index contributed by atoms with van der Waals surface area (Å²) in [5.74, 6) is -2.03. The maximum atomic E-state index is 13.5. The third-order valence-corrected chi connectivity index (χ3v) is 3.73. The predicted octanol–water partition coefficient (Wildman–Crippen LogP) is 2.69. The van der Waals surface area contributed by atoms with E-state index in [-0.39, 0.29) is 23.2 Å². The van der Waals surface area contributed by atoms with Gasteiger partial charge in [-0.1, -0.05) is 18.0 Å². The van der Waals surface area contributed by atoms with Crippen molar-refractivity contribution in [2.24, 2.45) is 11.1 Å². The van der Waals surface area contributed by atoms with Gasteiger partial charge >= 0.3 is 0 Å². The van der Waals surface area contributed by atoms with E-state index in [2.05, 4.69) is 5.32 Å². The van der Waals surface area contributed by atoms with Gasteiger partial charge in [-0.2, -0.15) is 0 Å². The molecule has 3 N–H and O–H groups in total. The van der Waals surface area contributed by atoms with E-state index in [1.807, 2.05) is 0 Å². The molecule has 0 bridgehead atoms. The number of benzene rings is 1. The smallest absolute Gasteiger partial charge is 0.231 e. The van der Waals surface area contributed by atoms with Gasteiger partial charge in [0.05, 0.1) is 16.1 Å². The van der Waals surface area contributed by atoms with Crippen LogP contribution in [0.4, 0.5) is 14.5 Å². The van der Waals surface area contributed by atoms with Crippen LogP contribution in [0.2, 0.25) is 5.02 Å². The molecule has 1 saturated carbocycles. The Labute approximate surface area is 108 Å². The molecule has 1 amide bonds. The normalized spacial score (nSPS) is 17.1. The van der Waals surface area contributed by atoms with E-state index in [9.17, 15) is 13.6 Å². The summed E-state index contributed by atoms with van der Waals surface area (Å²) >= 11 is 5.71. The molecule has 0 aromatic heterocycles. The van der Waals surface area contributed by atoms with E-state index in [0.29, 0.717) is 18.9 Å². The first-order chi connectivity index (χ1) is 8.48. The lowest BCUT2D eigenvalue weighted by Gasteiger charge is -2.39. The summed E-state index contributed by atoms with van der Waals surface area (Å²) in [7, 11) is 0. The molecule has 1 aromatic rings. The summed E-state index contributed by atoms with van der Waals surface area (Å²) in [4.78, 5) is 12.0. The SMILES string of the molecule is NCC1(C(=O)Nc2c(F)cc(F)cc2Cl)CCC1. The minimum Gasteiger partial charge on any atom is -0.329 e. The fourth-order valence-corrected chi connectivity index (χ4v) is 2.28. The van der Waals surface area contributed by atoms with E-state index in [0.717, 1.165) is 12.5 Å². The van der Waals surface area contributed by atoms with Gasteiger partial charge in [-0.05, 0) is 18.9 Å². The van der Waals surface area contributed by atoms with Crippen molar-refractivity contribution < 1.29 is 13.6 Å². The summed E-state index contributed by atoms with van der Waals surface area (Å²) in [6, 6.07) is 1.63. The first kappa shape index (κ1) is 13.2. The van der Waals surface area contributed by atoms with Crippen molar-refractivity contribution in [1.29, 1.82) is 0 Å². The number of hydrogen-bond acceptors (Lipinski definition) is 2. The Morgan fingerprint density at radius 3 is 2.56 bits per heavy atom. The molecule has 0 saturated heterocycles. The maximum Gasteiger partial charge on any atom is 0.231 e. The molecule has 6 heteroatoms. The van der Waals surface area contributed by atoms with Crippen molar-refractivity contribution in [3.05, 3.63) is 28.8 Å². The number of nitrogens with one attached hydrogen (secondary N) is 1. The first-order valence-corrected chi connectivity index (χ1v) is 6.02. The molecule has 18 heavy (non-hydrogen) atoms. The maximum absolute atomic E-state index is 13.5. The molecule has 0 radical (unpaired) electrons. The van der Waals surface area contributed by atoms with Crippen LogP contribution in [0.1, 0.15) is 19.3 Å². The number of anilines is 1. The van der Waals surface area contributed by atoms with Gasteiger partial charge in [-0.25, -0.2) is 8.78 Å². The summed E-state index contributed by atoms with van der Waals surface area (Å²) in [6.45, 7) is 0.208. The Hall–Kier alpha value is -1.20. The molecule has 1 aliphatic rings. The van der Waals surface area contributed by atoms with Gasteiger partial charge in [0.2, 0.25) is 5.91 Å². The van der Waals surface area contributed by atoms with E-state index >= 15 is 0 Å². The molecule has 0 aliphatic heterocycles. The van der Waals surface area contributed by atoms with Gasteiger partial charge in [-0.15, -0.1) is 0 Å². The largest absolute Gasteiger partial charge is 0.329 e. The Morgan fingerprint density at radius 1 is 1.44 bits per heavy atom. The molecule has 1 fully saturated rings. The van der Waals surface area contributed by atoms with Crippen LogP contribution >= 0.6 is 11.6 Å². The van der Waals surface area contributed by atoms with Crippen LogP contribution in [0.15, 0.2) is 12.1 Å². The highest BCUT2D eigenvalue weighted by Gasteiger charge is 2.43. The quantitative estimate of drug-likeness (QED) is 0.890. The first-order valence-electron chi connectivity index (χ1n) is 5.64. The highest BCUT2D eigenvalue weighted by Crippen LogP contribution is 2.41. The molecule has 1 aliphatic carbocycles. The predicted molar refractivity (Wildman–Crippen MR) is 65.3 cm³/mol. The van der Waals surface area contributed by atoms with Gasteiger partial charge in [0.15, 0.2) is 5.82 Å². The lowest BCUT2D eigenvalue weighted by molar-refractivity contribution is -0.129. The van der Waals surface area contributed by atoms with Crippen molar-refractivity contribution in [3.63, 3.8) is 0 Å². The Balaban J connectivity index is 2.22. The Morgan fingerprint density at radius 2 is 2.11 bits per heavy atom. The summed E-state index contributed by atoms with van der Waals surface area (Å²) in [5, 5.41) is 2.25. The average molecular weight is 275 g/mol. The Bertz CT molecular complexity index is 460. The van der Waals surface area contributed by atoms with Gasteiger partial charge in [0, 0.05) is 12.6 Å². The standard InChI is InChI=1S/C12H13ClF2N2O/c13-8-4-7(14)5-9(15)10(8)17-11(18)12(6-16)2-1-3-12/h4-5H,1-3,6,16H2,(H,17,18). The van der Waals surface area contributed by atoms with Crippen molar-refractivity contribution in [1.82, 2.24) is 0 Å². The number of hydrogen-bond donors (Lipinski definition) is 2. The molecule has 0 unspecified atom stereocenters. The van der Waals surface area contributed by atoms with E-state index in [4.69, 9.17) is 17.3 Å². The number of rotatable bonds is 3. The summed E-state index contributed by atoms with van der Waals surface area (Å²) in [6.07, 6.45) is 2.27. The highest BCUT2D eigenvalue weighted by atomic mass is 35.5. The van der Waals surface area contributed by atoms with Crippen LogP contribution < -0.4 is 11.1 Å². The Kier molecular flexibility index (Phi) is 3.54.